The number of hydrogen-bond donors (Lipinski definition) is 2. The highest BCUT2D eigenvalue weighted by atomic mass is 16.3. The van der Waals surface area contributed by atoms with Crippen molar-refractivity contribution in [2.45, 2.75) is 64.4 Å². The number of nitrogens with one attached hydrogen (secondary N) is 1. The van der Waals surface area contributed by atoms with E-state index in [2.05, 4.69) is 17.1 Å². The van der Waals surface area contributed by atoms with Crippen molar-refractivity contribution in [3.63, 3.8) is 0 Å². The summed E-state index contributed by atoms with van der Waals surface area (Å²) in [6, 6.07) is 0. The first-order chi connectivity index (χ1) is 9.05. The summed E-state index contributed by atoms with van der Waals surface area (Å²) in [4.78, 5) is 2.52. The third-order valence-electron chi connectivity index (χ3n) is 4.90. The van der Waals surface area contributed by atoms with Gasteiger partial charge >= 0.3 is 0 Å². The molecule has 0 bridgehead atoms. The molecule has 1 saturated heterocycles. The molecule has 0 amide bonds. The van der Waals surface area contributed by atoms with Crippen LogP contribution in [0.1, 0.15) is 58.8 Å². The molecular weight excluding hydrogens is 236 g/mol. The molecule has 1 atom stereocenters. The van der Waals surface area contributed by atoms with Gasteiger partial charge in [-0.25, -0.2) is 0 Å². The second-order valence-corrected chi connectivity index (χ2v) is 7.20. The Morgan fingerprint density at radius 2 is 1.89 bits per heavy atom. The van der Waals surface area contributed by atoms with Gasteiger partial charge in [-0.05, 0) is 57.5 Å². The smallest absolute Gasteiger partial charge is 0.0746 e. The SMILES string of the molecule is CCCNCC1(CN2CCCC(C)(O)C2)CCCC1. The van der Waals surface area contributed by atoms with E-state index in [1.54, 1.807) is 0 Å². The normalized spacial score (nSPS) is 31.7. The van der Waals surface area contributed by atoms with Gasteiger partial charge in [-0.1, -0.05) is 19.8 Å². The van der Waals surface area contributed by atoms with Gasteiger partial charge in [0.2, 0.25) is 0 Å². The summed E-state index contributed by atoms with van der Waals surface area (Å²) in [6.45, 7) is 9.75. The molecule has 2 N–H and O–H groups in total. The molecule has 0 aromatic carbocycles. The van der Waals surface area contributed by atoms with Crippen LogP contribution in [0.5, 0.6) is 0 Å². The van der Waals surface area contributed by atoms with Crippen LogP contribution in [-0.4, -0.2) is 48.3 Å². The maximum absolute atomic E-state index is 10.3. The monoisotopic (exact) mass is 268 g/mol. The van der Waals surface area contributed by atoms with Crippen LogP contribution in [0.4, 0.5) is 0 Å². The maximum Gasteiger partial charge on any atom is 0.0746 e. The van der Waals surface area contributed by atoms with E-state index in [-0.39, 0.29) is 0 Å². The number of nitrogens with zero attached hydrogens (tertiary/aromatic N) is 1. The van der Waals surface area contributed by atoms with Gasteiger partial charge in [-0.3, -0.25) is 4.90 Å². The molecule has 1 saturated carbocycles. The Morgan fingerprint density at radius 1 is 1.16 bits per heavy atom. The van der Waals surface area contributed by atoms with Crippen molar-refractivity contribution < 1.29 is 5.11 Å². The van der Waals surface area contributed by atoms with E-state index in [0.29, 0.717) is 5.41 Å². The van der Waals surface area contributed by atoms with E-state index in [0.717, 1.165) is 25.9 Å². The molecule has 1 aliphatic carbocycles. The van der Waals surface area contributed by atoms with Gasteiger partial charge in [-0.2, -0.15) is 0 Å². The Morgan fingerprint density at radius 3 is 2.53 bits per heavy atom. The molecule has 112 valence electrons. The minimum atomic E-state index is -0.463. The van der Waals surface area contributed by atoms with Crippen molar-refractivity contribution in [3.8, 4) is 0 Å². The fourth-order valence-corrected chi connectivity index (χ4v) is 3.98. The van der Waals surface area contributed by atoms with Crippen molar-refractivity contribution in [1.29, 1.82) is 0 Å². The lowest BCUT2D eigenvalue weighted by Gasteiger charge is -2.42. The van der Waals surface area contributed by atoms with Crippen LogP contribution in [-0.2, 0) is 0 Å². The molecule has 0 aromatic rings. The largest absolute Gasteiger partial charge is 0.389 e. The summed E-state index contributed by atoms with van der Waals surface area (Å²) in [7, 11) is 0. The molecule has 19 heavy (non-hydrogen) atoms. The van der Waals surface area contributed by atoms with Gasteiger partial charge in [0.15, 0.2) is 0 Å². The Bertz CT molecular complexity index is 272. The van der Waals surface area contributed by atoms with Crippen LogP contribution in [0.3, 0.4) is 0 Å². The molecule has 2 fully saturated rings. The number of rotatable bonds is 6. The van der Waals surface area contributed by atoms with Gasteiger partial charge in [0.05, 0.1) is 5.60 Å². The van der Waals surface area contributed by atoms with Crippen molar-refractivity contribution >= 4 is 0 Å². The zero-order chi connectivity index (χ0) is 13.8. The van der Waals surface area contributed by atoms with E-state index in [9.17, 15) is 5.11 Å². The predicted molar refractivity (Wildman–Crippen MR) is 80.4 cm³/mol. The zero-order valence-electron chi connectivity index (χ0n) is 12.9. The first kappa shape index (κ1) is 15.3. The fourth-order valence-electron chi connectivity index (χ4n) is 3.98. The van der Waals surface area contributed by atoms with Crippen LogP contribution in [0.15, 0.2) is 0 Å². The Hall–Kier alpha value is -0.120. The van der Waals surface area contributed by atoms with Crippen LogP contribution in [0, 0.1) is 5.41 Å². The molecule has 3 heteroatoms. The lowest BCUT2D eigenvalue weighted by atomic mass is 9.83. The molecule has 0 aromatic heterocycles. The van der Waals surface area contributed by atoms with Gasteiger partial charge in [0.1, 0.15) is 0 Å². The van der Waals surface area contributed by atoms with Gasteiger partial charge in [0.25, 0.3) is 0 Å². The Kier molecular flexibility index (Phi) is 5.27. The molecule has 1 unspecified atom stereocenters. The minimum Gasteiger partial charge on any atom is -0.389 e. The minimum absolute atomic E-state index is 0.463. The topological polar surface area (TPSA) is 35.5 Å². The highest BCUT2D eigenvalue weighted by molar-refractivity contribution is 4.92. The number of hydrogen-bond acceptors (Lipinski definition) is 3. The summed E-state index contributed by atoms with van der Waals surface area (Å²) in [5.74, 6) is 0. The van der Waals surface area contributed by atoms with Crippen LogP contribution >= 0.6 is 0 Å². The third kappa shape index (κ3) is 4.44. The van der Waals surface area contributed by atoms with Crippen LogP contribution in [0.2, 0.25) is 0 Å². The molecule has 3 nitrogen and oxygen atoms in total. The van der Waals surface area contributed by atoms with E-state index >= 15 is 0 Å². The average molecular weight is 268 g/mol. The summed E-state index contributed by atoms with van der Waals surface area (Å²) in [6.07, 6.45) is 8.82. The van der Waals surface area contributed by atoms with E-state index in [4.69, 9.17) is 0 Å². The molecular formula is C16H32N2O. The maximum atomic E-state index is 10.3. The number of likely N-dealkylation sites (tertiary alicyclic amines) is 1. The van der Waals surface area contributed by atoms with Crippen molar-refractivity contribution in [2.75, 3.05) is 32.7 Å². The van der Waals surface area contributed by atoms with Gasteiger partial charge < -0.3 is 10.4 Å². The average Bonchev–Trinajstić information content (AvgIpc) is 2.77. The van der Waals surface area contributed by atoms with E-state index < -0.39 is 5.60 Å². The first-order valence-corrected chi connectivity index (χ1v) is 8.21. The Balaban J connectivity index is 1.89. The summed E-state index contributed by atoms with van der Waals surface area (Å²) < 4.78 is 0. The zero-order valence-corrected chi connectivity index (χ0v) is 12.9. The standard InChI is InChI=1S/C16H32N2O/c1-3-10-17-12-16(8-4-5-9-16)14-18-11-6-7-15(2,19)13-18/h17,19H,3-14H2,1-2H3. The van der Waals surface area contributed by atoms with Crippen LogP contribution < -0.4 is 5.32 Å². The van der Waals surface area contributed by atoms with Crippen LogP contribution in [0.25, 0.3) is 0 Å². The summed E-state index contributed by atoms with van der Waals surface area (Å²) >= 11 is 0. The lowest BCUT2D eigenvalue weighted by molar-refractivity contribution is -0.0280. The van der Waals surface area contributed by atoms with Crippen molar-refractivity contribution in [2.24, 2.45) is 5.41 Å². The second kappa shape index (κ2) is 6.55. The number of piperidine rings is 1. The van der Waals surface area contributed by atoms with Crippen molar-refractivity contribution in [1.82, 2.24) is 10.2 Å². The molecule has 0 radical (unpaired) electrons. The fraction of sp³-hybridized carbons (Fsp3) is 1.00. The first-order valence-electron chi connectivity index (χ1n) is 8.21. The molecule has 0 spiro atoms. The molecule has 1 heterocycles. The highest BCUT2D eigenvalue weighted by Crippen LogP contribution is 2.39. The van der Waals surface area contributed by atoms with E-state index in [1.807, 2.05) is 6.92 Å². The Labute approximate surface area is 118 Å². The number of aliphatic hydroxyl groups is 1. The lowest BCUT2D eigenvalue weighted by Crippen LogP contribution is -2.51. The highest BCUT2D eigenvalue weighted by Gasteiger charge is 2.38. The third-order valence-corrected chi connectivity index (χ3v) is 4.90. The summed E-state index contributed by atoms with van der Waals surface area (Å²) in [5.41, 5.74) is 0.0114. The number of β-amino-alcohol motifs (C(OH)–C–C–N with tert-alkyl or cyclic N) is 1. The summed E-state index contributed by atoms with van der Waals surface area (Å²) in [5, 5.41) is 13.9. The molecule has 1 aliphatic heterocycles. The molecule has 2 rings (SSSR count). The van der Waals surface area contributed by atoms with Gasteiger partial charge in [0, 0.05) is 19.6 Å². The van der Waals surface area contributed by atoms with Gasteiger partial charge in [-0.15, -0.1) is 0 Å². The second-order valence-electron chi connectivity index (χ2n) is 7.20. The van der Waals surface area contributed by atoms with Crippen molar-refractivity contribution in [3.05, 3.63) is 0 Å². The quantitative estimate of drug-likeness (QED) is 0.726. The predicted octanol–water partition coefficient (Wildman–Crippen LogP) is 2.39. The van der Waals surface area contributed by atoms with E-state index in [1.165, 1.54) is 51.7 Å². The molecule has 2 aliphatic rings.